The molecule has 0 unspecified atom stereocenters. The fourth-order valence-electron chi connectivity index (χ4n) is 2.98. The molecule has 4 heteroatoms. The van der Waals surface area contributed by atoms with Gasteiger partial charge in [0, 0.05) is 32.5 Å². The highest BCUT2D eigenvalue weighted by molar-refractivity contribution is 5.90. The number of nitrogens with one attached hydrogen (secondary N) is 1. The second-order valence-corrected chi connectivity index (χ2v) is 6.59. The molecule has 0 spiro atoms. The van der Waals surface area contributed by atoms with Crippen LogP contribution in [0, 0.1) is 5.92 Å². The van der Waals surface area contributed by atoms with Gasteiger partial charge in [0.2, 0.25) is 0 Å². The fourth-order valence-corrected chi connectivity index (χ4v) is 2.98. The standard InChI is InChI=1S/C19H30N2O2/c1-4-15(2)17-7-5-6-8-18(17)20-19(22)21(3)12-9-16-10-13-23-14-11-16/h5-8,15-16H,4,9-14H2,1-3H3,(H,20,22)/t15-/m1/s1. The number of nitrogens with zero attached hydrogens (tertiary/aromatic N) is 1. The summed E-state index contributed by atoms with van der Waals surface area (Å²) in [5, 5.41) is 3.08. The van der Waals surface area contributed by atoms with Crippen molar-refractivity contribution in [2.75, 3.05) is 32.1 Å². The zero-order valence-electron chi connectivity index (χ0n) is 14.7. The van der Waals surface area contributed by atoms with Gasteiger partial charge in [-0.2, -0.15) is 0 Å². The van der Waals surface area contributed by atoms with Gasteiger partial charge in [-0.05, 0) is 49.1 Å². The first kappa shape index (κ1) is 17.8. The van der Waals surface area contributed by atoms with Gasteiger partial charge in [0.1, 0.15) is 0 Å². The molecule has 0 aliphatic carbocycles. The van der Waals surface area contributed by atoms with Crippen LogP contribution in [0.3, 0.4) is 0 Å². The molecular weight excluding hydrogens is 288 g/mol. The third kappa shape index (κ3) is 5.24. The van der Waals surface area contributed by atoms with E-state index < -0.39 is 0 Å². The second-order valence-electron chi connectivity index (χ2n) is 6.59. The van der Waals surface area contributed by atoms with E-state index in [1.807, 2.05) is 25.2 Å². The summed E-state index contributed by atoms with van der Waals surface area (Å²) in [6, 6.07) is 8.08. The Morgan fingerprint density at radius 2 is 2.04 bits per heavy atom. The number of amides is 2. The number of hydrogen-bond donors (Lipinski definition) is 1. The molecule has 1 atom stereocenters. The maximum Gasteiger partial charge on any atom is 0.321 e. The van der Waals surface area contributed by atoms with E-state index in [1.54, 1.807) is 4.90 Å². The molecule has 23 heavy (non-hydrogen) atoms. The van der Waals surface area contributed by atoms with Crippen molar-refractivity contribution in [3.8, 4) is 0 Å². The topological polar surface area (TPSA) is 41.6 Å². The quantitative estimate of drug-likeness (QED) is 0.840. The zero-order valence-corrected chi connectivity index (χ0v) is 14.7. The number of carbonyl (C=O) groups is 1. The third-order valence-electron chi connectivity index (χ3n) is 4.91. The second kappa shape index (κ2) is 8.92. The van der Waals surface area contributed by atoms with E-state index in [0.29, 0.717) is 11.8 Å². The summed E-state index contributed by atoms with van der Waals surface area (Å²) in [5.74, 6) is 1.13. The Balaban J connectivity index is 1.88. The number of carbonyl (C=O) groups excluding carboxylic acids is 1. The Morgan fingerprint density at radius 1 is 1.35 bits per heavy atom. The summed E-state index contributed by atoms with van der Waals surface area (Å²) in [6.45, 7) is 6.89. The number of ether oxygens (including phenoxy) is 1. The van der Waals surface area contributed by atoms with Crippen molar-refractivity contribution in [2.24, 2.45) is 5.92 Å². The molecule has 0 bridgehead atoms. The van der Waals surface area contributed by atoms with Crippen molar-refractivity contribution in [3.63, 3.8) is 0 Å². The van der Waals surface area contributed by atoms with E-state index >= 15 is 0 Å². The Morgan fingerprint density at radius 3 is 2.74 bits per heavy atom. The fraction of sp³-hybridized carbons (Fsp3) is 0.632. The summed E-state index contributed by atoms with van der Waals surface area (Å²) in [7, 11) is 1.88. The van der Waals surface area contributed by atoms with Crippen molar-refractivity contribution < 1.29 is 9.53 Å². The maximum absolute atomic E-state index is 12.4. The Kier molecular flexibility index (Phi) is 6.90. The van der Waals surface area contributed by atoms with Crippen LogP contribution in [0.15, 0.2) is 24.3 Å². The lowest BCUT2D eigenvalue weighted by atomic mass is 9.96. The number of rotatable bonds is 6. The number of hydrogen-bond acceptors (Lipinski definition) is 2. The van der Waals surface area contributed by atoms with Gasteiger partial charge in [0.25, 0.3) is 0 Å². The van der Waals surface area contributed by atoms with Gasteiger partial charge in [0.05, 0.1) is 0 Å². The lowest BCUT2D eigenvalue weighted by Crippen LogP contribution is -2.34. The molecule has 1 aromatic rings. The highest BCUT2D eigenvalue weighted by Crippen LogP contribution is 2.26. The first-order valence-corrected chi connectivity index (χ1v) is 8.80. The molecule has 1 saturated heterocycles. The minimum Gasteiger partial charge on any atom is -0.381 e. The smallest absolute Gasteiger partial charge is 0.321 e. The van der Waals surface area contributed by atoms with Crippen LogP contribution in [-0.4, -0.2) is 37.7 Å². The van der Waals surface area contributed by atoms with Crippen LogP contribution in [-0.2, 0) is 4.74 Å². The molecule has 128 valence electrons. The molecule has 1 aromatic carbocycles. The molecular formula is C19H30N2O2. The summed E-state index contributed by atoms with van der Waals surface area (Å²) >= 11 is 0. The lowest BCUT2D eigenvalue weighted by Gasteiger charge is -2.25. The van der Waals surface area contributed by atoms with Crippen LogP contribution in [0.5, 0.6) is 0 Å². The molecule has 0 saturated carbocycles. The van der Waals surface area contributed by atoms with E-state index in [4.69, 9.17) is 4.74 Å². The minimum atomic E-state index is -0.0205. The van der Waals surface area contributed by atoms with Gasteiger partial charge in [-0.1, -0.05) is 32.0 Å². The van der Waals surface area contributed by atoms with Crippen molar-refractivity contribution in [3.05, 3.63) is 29.8 Å². The molecule has 0 radical (unpaired) electrons. The molecule has 1 heterocycles. The van der Waals surface area contributed by atoms with Gasteiger partial charge < -0.3 is 15.0 Å². The molecule has 0 aromatic heterocycles. The van der Waals surface area contributed by atoms with Crippen LogP contribution >= 0.6 is 0 Å². The van der Waals surface area contributed by atoms with Crippen LogP contribution in [0.25, 0.3) is 0 Å². The van der Waals surface area contributed by atoms with Gasteiger partial charge in [-0.3, -0.25) is 0 Å². The number of urea groups is 1. The van der Waals surface area contributed by atoms with E-state index in [9.17, 15) is 4.79 Å². The Labute approximate surface area is 140 Å². The Hall–Kier alpha value is -1.55. The van der Waals surface area contributed by atoms with Crippen molar-refractivity contribution in [2.45, 2.75) is 45.4 Å². The average molecular weight is 318 g/mol. The largest absolute Gasteiger partial charge is 0.381 e. The Bertz CT molecular complexity index is 498. The zero-order chi connectivity index (χ0) is 16.7. The summed E-state index contributed by atoms with van der Waals surface area (Å²) in [5.41, 5.74) is 2.14. The predicted octanol–water partition coefficient (Wildman–Crippen LogP) is 4.48. The molecule has 4 nitrogen and oxygen atoms in total. The third-order valence-corrected chi connectivity index (χ3v) is 4.91. The molecule has 1 N–H and O–H groups in total. The van der Waals surface area contributed by atoms with Crippen LogP contribution < -0.4 is 5.32 Å². The van der Waals surface area contributed by atoms with Crippen LogP contribution in [0.1, 0.15) is 51.0 Å². The van der Waals surface area contributed by atoms with Crippen LogP contribution in [0.4, 0.5) is 10.5 Å². The van der Waals surface area contributed by atoms with E-state index in [0.717, 1.165) is 51.1 Å². The monoisotopic (exact) mass is 318 g/mol. The number of anilines is 1. The predicted molar refractivity (Wildman–Crippen MR) is 95.0 cm³/mol. The van der Waals surface area contributed by atoms with Crippen molar-refractivity contribution in [1.29, 1.82) is 0 Å². The molecule has 2 amide bonds. The van der Waals surface area contributed by atoms with Gasteiger partial charge >= 0.3 is 6.03 Å². The summed E-state index contributed by atoms with van der Waals surface area (Å²) in [6.07, 6.45) is 4.35. The minimum absolute atomic E-state index is 0.0205. The lowest BCUT2D eigenvalue weighted by molar-refractivity contribution is 0.0621. The van der Waals surface area contributed by atoms with Crippen LogP contribution in [0.2, 0.25) is 0 Å². The molecule has 1 fully saturated rings. The number of para-hydroxylation sites is 1. The van der Waals surface area contributed by atoms with E-state index in [-0.39, 0.29) is 6.03 Å². The van der Waals surface area contributed by atoms with E-state index in [2.05, 4.69) is 25.2 Å². The van der Waals surface area contributed by atoms with Crippen molar-refractivity contribution >= 4 is 11.7 Å². The first-order valence-electron chi connectivity index (χ1n) is 8.80. The maximum atomic E-state index is 12.4. The van der Waals surface area contributed by atoms with Gasteiger partial charge in [0.15, 0.2) is 0 Å². The van der Waals surface area contributed by atoms with E-state index in [1.165, 1.54) is 5.56 Å². The first-order chi connectivity index (χ1) is 11.1. The highest BCUT2D eigenvalue weighted by Gasteiger charge is 2.17. The summed E-state index contributed by atoms with van der Waals surface area (Å²) in [4.78, 5) is 14.2. The average Bonchev–Trinajstić information content (AvgIpc) is 2.60. The normalized spacial score (nSPS) is 16.8. The van der Waals surface area contributed by atoms with Crippen molar-refractivity contribution in [1.82, 2.24) is 4.90 Å². The number of benzene rings is 1. The SMILES string of the molecule is CC[C@@H](C)c1ccccc1NC(=O)N(C)CCC1CCOCC1. The molecule has 2 rings (SSSR count). The van der Waals surface area contributed by atoms with Gasteiger partial charge in [-0.15, -0.1) is 0 Å². The molecule has 1 aliphatic heterocycles. The molecule has 1 aliphatic rings. The van der Waals surface area contributed by atoms with Gasteiger partial charge in [-0.25, -0.2) is 4.79 Å². The summed E-state index contributed by atoms with van der Waals surface area (Å²) < 4.78 is 5.39. The highest BCUT2D eigenvalue weighted by atomic mass is 16.5.